The molecule has 100 valence electrons. The van der Waals surface area contributed by atoms with Crippen molar-refractivity contribution in [2.45, 2.75) is 56.2 Å². The van der Waals surface area contributed by atoms with Crippen LogP contribution in [0, 0.1) is 5.92 Å². The van der Waals surface area contributed by atoms with E-state index < -0.39 is 0 Å². The molecule has 2 aliphatic carbocycles. The first-order valence-electron chi connectivity index (χ1n) is 6.84. The van der Waals surface area contributed by atoms with Crippen molar-refractivity contribution in [3.05, 3.63) is 0 Å². The fraction of sp³-hybridized carbons (Fsp3) is 1.00. The Hall–Kier alpha value is -0.160. The van der Waals surface area contributed by atoms with Crippen molar-refractivity contribution in [1.29, 1.82) is 0 Å². The Morgan fingerprint density at radius 3 is 2.65 bits per heavy atom. The minimum atomic E-state index is 0.0656. The topological polar surface area (TPSA) is 67.5 Å². The van der Waals surface area contributed by atoms with Gasteiger partial charge >= 0.3 is 0 Å². The average molecular weight is 242 g/mol. The summed E-state index contributed by atoms with van der Waals surface area (Å²) in [6.45, 7) is 0.966. The van der Waals surface area contributed by atoms with Crippen LogP contribution in [-0.4, -0.2) is 43.1 Å². The molecule has 2 saturated carbocycles. The Morgan fingerprint density at radius 1 is 1.35 bits per heavy atom. The third kappa shape index (κ3) is 2.81. The third-order valence-electron chi connectivity index (χ3n) is 4.60. The van der Waals surface area contributed by atoms with Crippen molar-refractivity contribution >= 4 is 0 Å². The molecular formula is C13H26N2O2. The Bertz CT molecular complexity index is 242. The van der Waals surface area contributed by atoms with Crippen LogP contribution in [0.2, 0.25) is 0 Å². The van der Waals surface area contributed by atoms with Gasteiger partial charge in [-0.05, 0) is 31.6 Å². The van der Waals surface area contributed by atoms with Crippen molar-refractivity contribution < 1.29 is 9.84 Å². The minimum absolute atomic E-state index is 0.0656. The van der Waals surface area contributed by atoms with Crippen molar-refractivity contribution in [3.8, 4) is 0 Å². The number of rotatable bonds is 5. The molecular weight excluding hydrogens is 216 g/mol. The third-order valence-corrected chi connectivity index (χ3v) is 4.60. The summed E-state index contributed by atoms with van der Waals surface area (Å²) in [6.07, 6.45) is 7.21. The van der Waals surface area contributed by atoms with E-state index in [0.717, 1.165) is 19.3 Å². The molecule has 0 aromatic rings. The predicted octanol–water partition coefficient (Wildman–Crippen LogP) is 0.633. The lowest BCUT2D eigenvalue weighted by atomic mass is 9.72. The molecule has 0 aromatic carbocycles. The SMILES string of the molecule is COC1CC(CN)(NC2CCCCC2CO)C1. The number of methoxy groups -OCH3 is 1. The van der Waals surface area contributed by atoms with Crippen molar-refractivity contribution in [3.63, 3.8) is 0 Å². The molecule has 2 aliphatic rings. The molecule has 0 heterocycles. The molecule has 2 fully saturated rings. The summed E-state index contributed by atoms with van der Waals surface area (Å²) in [5, 5.41) is 13.1. The maximum Gasteiger partial charge on any atom is 0.0607 e. The Morgan fingerprint density at radius 2 is 2.06 bits per heavy atom. The van der Waals surface area contributed by atoms with E-state index in [-0.39, 0.29) is 5.54 Å². The van der Waals surface area contributed by atoms with Crippen LogP contribution in [0.25, 0.3) is 0 Å². The van der Waals surface area contributed by atoms with Gasteiger partial charge in [-0.2, -0.15) is 0 Å². The van der Waals surface area contributed by atoms with E-state index in [9.17, 15) is 5.11 Å². The molecule has 4 nitrogen and oxygen atoms in total. The second kappa shape index (κ2) is 5.65. The fourth-order valence-electron chi connectivity index (χ4n) is 3.33. The Balaban J connectivity index is 1.89. The lowest BCUT2D eigenvalue weighted by Gasteiger charge is -2.50. The van der Waals surface area contributed by atoms with Crippen molar-refractivity contribution in [1.82, 2.24) is 5.32 Å². The maximum absolute atomic E-state index is 9.42. The van der Waals surface area contributed by atoms with Crippen LogP contribution in [0.15, 0.2) is 0 Å². The zero-order valence-corrected chi connectivity index (χ0v) is 10.8. The smallest absolute Gasteiger partial charge is 0.0607 e. The van der Waals surface area contributed by atoms with Gasteiger partial charge in [-0.1, -0.05) is 12.8 Å². The van der Waals surface area contributed by atoms with E-state index in [1.54, 1.807) is 7.11 Å². The molecule has 2 rings (SSSR count). The van der Waals surface area contributed by atoms with Crippen LogP contribution >= 0.6 is 0 Å². The van der Waals surface area contributed by atoms with Crippen LogP contribution < -0.4 is 11.1 Å². The first-order valence-corrected chi connectivity index (χ1v) is 6.84. The van der Waals surface area contributed by atoms with E-state index >= 15 is 0 Å². The summed E-state index contributed by atoms with van der Waals surface area (Å²) in [6, 6.07) is 0.440. The van der Waals surface area contributed by atoms with Crippen LogP contribution in [-0.2, 0) is 4.74 Å². The van der Waals surface area contributed by atoms with Crippen LogP contribution in [0.3, 0.4) is 0 Å². The molecule has 17 heavy (non-hydrogen) atoms. The zero-order valence-electron chi connectivity index (χ0n) is 10.8. The lowest BCUT2D eigenvalue weighted by molar-refractivity contribution is -0.0380. The number of nitrogens with one attached hydrogen (secondary N) is 1. The highest BCUT2D eigenvalue weighted by Crippen LogP contribution is 2.36. The molecule has 0 aliphatic heterocycles. The first-order chi connectivity index (χ1) is 8.23. The Labute approximate surface area is 104 Å². The summed E-state index contributed by atoms with van der Waals surface area (Å²) in [4.78, 5) is 0. The summed E-state index contributed by atoms with van der Waals surface area (Å²) >= 11 is 0. The number of ether oxygens (including phenoxy) is 1. The van der Waals surface area contributed by atoms with Crippen LogP contribution in [0.5, 0.6) is 0 Å². The van der Waals surface area contributed by atoms with Gasteiger partial charge in [0.1, 0.15) is 0 Å². The molecule has 0 aromatic heterocycles. The second-order valence-electron chi connectivity index (χ2n) is 5.73. The van der Waals surface area contributed by atoms with E-state index in [2.05, 4.69) is 5.32 Å². The van der Waals surface area contributed by atoms with Gasteiger partial charge in [-0.3, -0.25) is 0 Å². The van der Waals surface area contributed by atoms with Gasteiger partial charge in [0.2, 0.25) is 0 Å². The van der Waals surface area contributed by atoms with Crippen molar-refractivity contribution in [2.75, 3.05) is 20.3 Å². The number of nitrogens with two attached hydrogens (primary N) is 1. The highest BCUT2D eigenvalue weighted by Gasteiger charge is 2.45. The molecule has 0 radical (unpaired) electrons. The van der Waals surface area contributed by atoms with Crippen LogP contribution in [0.1, 0.15) is 38.5 Å². The monoisotopic (exact) mass is 242 g/mol. The van der Waals surface area contributed by atoms with E-state index in [1.165, 1.54) is 19.3 Å². The number of aliphatic hydroxyl groups is 1. The summed E-state index contributed by atoms with van der Waals surface area (Å²) in [5.74, 6) is 0.411. The standard InChI is InChI=1S/C13H26N2O2/c1-17-11-6-13(7-11,9-14)15-12-5-3-2-4-10(12)8-16/h10-12,15-16H,2-9,14H2,1H3. The quantitative estimate of drug-likeness (QED) is 0.661. The van der Waals surface area contributed by atoms with E-state index in [4.69, 9.17) is 10.5 Å². The summed E-state index contributed by atoms with van der Waals surface area (Å²) in [7, 11) is 1.77. The molecule has 0 saturated heterocycles. The van der Waals surface area contributed by atoms with Gasteiger partial charge in [-0.15, -0.1) is 0 Å². The van der Waals surface area contributed by atoms with Gasteiger partial charge < -0.3 is 20.9 Å². The minimum Gasteiger partial charge on any atom is -0.396 e. The predicted molar refractivity (Wildman–Crippen MR) is 67.8 cm³/mol. The summed E-state index contributed by atoms with van der Waals surface area (Å²) in [5.41, 5.74) is 5.97. The molecule has 2 unspecified atom stereocenters. The number of hydrogen-bond acceptors (Lipinski definition) is 4. The number of hydrogen-bond donors (Lipinski definition) is 3. The van der Waals surface area contributed by atoms with Gasteiger partial charge in [0.25, 0.3) is 0 Å². The van der Waals surface area contributed by atoms with Crippen molar-refractivity contribution in [2.24, 2.45) is 11.7 Å². The fourth-order valence-corrected chi connectivity index (χ4v) is 3.33. The molecule has 2 atom stereocenters. The molecule has 0 bridgehead atoms. The molecule has 4 N–H and O–H groups in total. The maximum atomic E-state index is 9.42. The number of aliphatic hydroxyl groups excluding tert-OH is 1. The Kier molecular flexibility index (Phi) is 4.42. The lowest BCUT2D eigenvalue weighted by Crippen LogP contribution is -2.66. The van der Waals surface area contributed by atoms with Gasteiger partial charge in [0.05, 0.1) is 6.10 Å². The van der Waals surface area contributed by atoms with E-state index in [0.29, 0.717) is 31.2 Å². The highest BCUT2D eigenvalue weighted by molar-refractivity contribution is 5.05. The summed E-state index contributed by atoms with van der Waals surface area (Å²) < 4.78 is 5.34. The molecule has 0 amide bonds. The largest absolute Gasteiger partial charge is 0.396 e. The normalized spacial score (nSPS) is 42.2. The highest BCUT2D eigenvalue weighted by atomic mass is 16.5. The molecule has 0 spiro atoms. The average Bonchev–Trinajstić information content (AvgIpc) is 2.33. The molecule has 4 heteroatoms. The second-order valence-corrected chi connectivity index (χ2v) is 5.73. The van der Waals surface area contributed by atoms with E-state index in [1.807, 2.05) is 0 Å². The van der Waals surface area contributed by atoms with Gasteiger partial charge in [0, 0.05) is 31.8 Å². The zero-order chi connectivity index (χ0) is 12.3. The van der Waals surface area contributed by atoms with Gasteiger partial charge in [-0.25, -0.2) is 0 Å². The first kappa shape index (κ1) is 13.3. The van der Waals surface area contributed by atoms with Crippen LogP contribution in [0.4, 0.5) is 0 Å². The van der Waals surface area contributed by atoms with Gasteiger partial charge in [0.15, 0.2) is 0 Å².